The number of nitrogens with zero attached hydrogens (tertiary/aromatic N) is 1. The van der Waals surface area contributed by atoms with Crippen LogP contribution in [0.1, 0.15) is 27.2 Å². The Balaban J connectivity index is 2.87. The third-order valence-electron chi connectivity index (χ3n) is 4.66. The molecule has 1 amide bonds. The Bertz CT molecular complexity index is 436. The highest BCUT2D eigenvalue weighted by atomic mass is 28.4. The molecule has 1 aliphatic rings. The number of alkyl halides is 3. The third kappa shape index (κ3) is 3.75. The Kier molecular flexibility index (Phi) is 4.97. The average Bonchev–Trinajstić information content (AvgIpc) is 2.63. The zero-order valence-electron chi connectivity index (χ0n) is 13.5. The zero-order chi connectivity index (χ0) is 17.6. The minimum atomic E-state index is -4.87. The van der Waals surface area contributed by atoms with E-state index in [1.54, 1.807) is 0 Å². The maximum atomic E-state index is 12.9. The second kappa shape index (κ2) is 5.68. The first-order valence-corrected chi connectivity index (χ1v) is 9.94. The number of β-amino-alcohol motifs (C(OH)–C–C–N with tert-alkyl or cyclic N) is 1. The molecule has 1 fully saturated rings. The summed E-state index contributed by atoms with van der Waals surface area (Å²) < 4.78 is 44.6. The van der Waals surface area contributed by atoms with E-state index in [2.05, 4.69) is 0 Å². The lowest BCUT2D eigenvalue weighted by molar-refractivity contribution is -0.253. The van der Waals surface area contributed by atoms with Gasteiger partial charge in [0.1, 0.15) is 0 Å². The third-order valence-corrected chi connectivity index (χ3v) is 9.16. The van der Waals surface area contributed by atoms with Gasteiger partial charge in [-0.05, 0) is 18.1 Å². The van der Waals surface area contributed by atoms with Gasteiger partial charge in [-0.2, -0.15) is 13.2 Å². The fourth-order valence-electron chi connectivity index (χ4n) is 2.07. The van der Waals surface area contributed by atoms with Crippen molar-refractivity contribution in [2.24, 2.45) is 0 Å². The van der Waals surface area contributed by atoms with Crippen molar-refractivity contribution >= 4 is 14.4 Å². The first-order valence-electron chi connectivity index (χ1n) is 7.03. The molecule has 9 heteroatoms. The van der Waals surface area contributed by atoms with Crippen LogP contribution in [0.3, 0.4) is 0 Å². The highest BCUT2D eigenvalue weighted by Gasteiger charge is 2.61. The molecule has 1 heterocycles. The van der Waals surface area contributed by atoms with Crippen LogP contribution in [0.4, 0.5) is 18.0 Å². The normalized spacial score (nSPS) is 27.3. The summed E-state index contributed by atoms with van der Waals surface area (Å²) in [5.41, 5.74) is -3.01. The Morgan fingerprint density at radius 1 is 1.36 bits per heavy atom. The van der Waals surface area contributed by atoms with Crippen molar-refractivity contribution in [1.82, 2.24) is 4.90 Å². The van der Waals surface area contributed by atoms with Crippen molar-refractivity contribution in [3.8, 4) is 0 Å². The quantitative estimate of drug-likeness (QED) is 0.773. The largest absolute Gasteiger partial charge is 0.465 e. The number of likely N-dealkylation sites (tertiary alicyclic amines) is 1. The van der Waals surface area contributed by atoms with Gasteiger partial charge in [0.2, 0.25) is 0 Å². The van der Waals surface area contributed by atoms with Gasteiger partial charge in [-0.15, -0.1) is 0 Å². The van der Waals surface area contributed by atoms with E-state index in [-0.39, 0.29) is 11.6 Å². The summed E-state index contributed by atoms with van der Waals surface area (Å²) in [7, 11) is -2.21. The van der Waals surface area contributed by atoms with Crippen LogP contribution in [0, 0.1) is 0 Å². The smallest absolute Gasteiger partial charge is 0.419 e. The number of hydrogen-bond acceptors (Lipinski definition) is 3. The molecule has 22 heavy (non-hydrogen) atoms. The summed E-state index contributed by atoms with van der Waals surface area (Å²) in [6.45, 7) is 8.70. The van der Waals surface area contributed by atoms with Crippen molar-refractivity contribution in [3.05, 3.63) is 0 Å². The summed E-state index contributed by atoms with van der Waals surface area (Å²) in [6, 6.07) is -1.00. The average molecular weight is 343 g/mol. The van der Waals surface area contributed by atoms with E-state index >= 15 is 0 Å². The first kappa shape index (κ1) is 19.2. The monoisotopic (exact) mass is 343 g/mol. The minimum absolute atomic E-state index is 0.138. The van der Waals surface area contributed by atoms with Crippen molar-refractivity contribution in [2.45, 2.75) is 63.1 Å². The summed E-state index contributed by atoms with van der Waals surface area (Å²) >= 11 is 0. The number of aliphatic hydroxyl groups is 1. The van der Waals surface area contributed by atoms with Gasteiger partial charge < -0.3 is 14.6 Å². The van der Waals surface area contributed by atoms with Crippen molar-refractivity contribution in [3.63, 3.8) is 0 Å². The van der Waals surface area contributed by atoms with E-state index in [0.717, 1.165) is 0 Å². The van der Waals surface area contributed by atoms with Crippen LogP contribution >= 0.6 is 0 Å². The fraction of sp³-hybridized carbons (Fsp3) is 0.923. The van der Waals surface area contributed by atoms with Gasteiger partial charge in [0.25, 0.3) is 0 Å². The summed E-state index contributed by atoms with van der Waals surface area (Å²) in [5.74, 6) is 0. The van der Waals surface area contributed by atoms with Crippen LogP contribution in [0.2, 0.25) is 18.1 Å². The molecule has 0 bridgehead atoms. The van der Waals surface area contributed by atoms with Crippen LogP contribution in [-0.2, 0) is 4.43 Å². The summed E-state index contributed by atoms with van der Waals surface area (Å²) in [6.07, 6.45) is -7.05. The summed E-state index contributed by atoms with van der Waals surface area (Å²) in [5, 5.41) is 18.7. The van der Waals surface area contributed by atoms with Crippen LogP contribution in [0.5, 0.6) is 0 Å². The van der Waals surface area contributed by atoms with E-state index in [1.165, 1.54) is 0 Å². The van der Waals surface area contributed by atoms with Gasteiger partial charge >= 0.3 is 12.3 Å². The molecule has 0 spiro atoms. The lowest BCUT2D eigenvalue weighted by Gasteiger charge is -2.37. The molecule has 0 aromatic heterocycles. The number of carboxylic acid groups (broad SMARTS) is 1. The predicted molar refractivity (Wildman–Crippen MR) is 77.3 cm³/mol. The van der Waals surface area contributed by atoms with E-state index < -0.39 is 45.2 Å². The topological polar surface area (TPSA) is 70.0 Å². The lowest BCUT2D eigenvalue weighted by atomic mass is 10.0. The molecule has 1 rings (SSSR count). The van der Waals surface area contributed by atoms with E-state index in [9.17, 15) is 23.1 Å². The van der Waals surface area contributed by atoms with Crippen molar-refractivity contribution in [2.75, 3.05) is 13.2 Å². The van der Waals surface area contributed by atoms with Gasteiger partial charge in [-0.25, -0.2) is 4.79 Å². The first-order chi connectivity index (χ1) is 9.61. The van der Waals surface area contributed by atoms with Crippen LogP contribution < -0.4 is 0 Å². The molecule has 2 atom stereocenters. The van der Waals surface area contributed by atoms with Crippen LogP contribution in [0.25, 0.3) is 0 Å². The number of halogens is 3. The van der Waals surface area contributed by atoms with Crippen molar-refractivity contribution in [1.29, 1.82) is 0 Å². The molecule has 130 valence electrons. The summed E-state index contributed by atoms with van der Waals surface area (Å²) in [4.78, 5) is 11.8. The molecule has 2 N–H and O–H groups in total. The Labute approximate surface area is 129 Å². The molecule has 0 radical (unpaired) electrons. The van der Waals surface area contributed by atoms with E-state index in [0.29, 0.717) is 4.90 Å². The van der Waals surface area contributed by atoms with E-state index in [1.807, 2.05) is 33.9 Å². The second-order valence-electron chi connectivity index (χ2n) is 7.37. The number of rotatable bonds is 3. The Hall–Kier alpha value is -0.803. The Morgan fingerprint density at radius 2 is 1.86 bits per heavy atom. The van der Waals surface area contributed by atoms with Gasteiger partial charge in [-0.3, -0.25) is 4.90 Å². The van der Waals surface area contributed by atoms with Gasteiger partial charge in [0.05, 0.1) is 19.2 Å². The van der Waals surface area contributed by atoms with Gasteiger partial charge in [0, 0.05) is 6.42 Å². The van der Waals surface area contributed by atoms with Crippen molar-refractivity contribution < 1.29 is 32.6 Å². The highest BCUT2D eigenvalue weighted by Crippen LogP contribution is 2.42. The Morgan fingerprint density at radius 3 is 2.23 bits per heavy atom. The molecule has 1 unspecified atom stereocenters. The predicted octanol–water partition coefficient (Wildman–Crippen LogP) is 3.05. The number of amides is 1. The molecule has 1 saturated heterocycles. The SMILES string of the molecule is CC(C)(C)[Si](C)(C)OC[C@@H]1CC(O)(C(F)(F)F)CN1C(=O)O. The number of carbonyl (C=O) groups is 1. The standard InChI is InChI=1S/C13H24F3NO4Si/c1-11(2,3)22(4,5)21-7-9-6-12(20,13(14,15)16)8-17(9)10(18)19/h9,20H,6-8H2,1-5H3,(H,18,19)/t9-,12?/m0/s1. The molecule has 0 aromatic carbocycles. The highest BCUT2D eigenvalue weighted by molar-refractivity contribution is 6.74. The second-order valence-corrected chi connectivity index (χ2v) is 12.2. The van der Waals surface area contributed by atoms with Gasteiger partial charge in [-0.1, -0.05) is 20.8 Å². The molecule has 1 aliphatic heterocycles. The van der Waals surface area contributed by atoms with Crippen LogP contribution in [-0.4, -0.2) is 60.5 Å². The van der Waals surface area contributed by atoms with Crippen LogP contribution in [0.15, 0.2) is 0 Å². The molecule has 5 nitrogen and oxygen atoms in total. The number of hydrogen-bond donors (Lipinski definition) is 2. The molecular formula is C13H24F3NO4Si. The molecular weight excluding hydrogens is 319 g/mol. The maximum absolute atomic E-state index is 12.9. The zero-order valence-corrected chi connectivity index (χ0v) is 14.5. The maximum Gasteiger partial charge on any atom is 0.419 e. The fourth-order valence-corrected chi connectivity index (χ4v) is 3.12. The molecule has 0 saturated carbocycles. The van der Waals surface area contributed by atoms with Gasteiger partial charge in [0.15, 0.2) is 13.9 Å². The lowest BCUT2D eigenvalue weighted by Crippen LogP contribution is -2.47. The minimum Gasteiger partial charge on any atom is -0.465 e. The molecule has 0 aliphatic carbocycles. The van der Waals surface area contributed by atoms with E-state index in [4.69, 9.17) is 9.53 Å². The molecule has 0 aromatic rings.